The molecule has 3 rings (SSSR count). The van der Waals surface area contributed by atoms with Crippen molar-refractivity contribution in [2.24, 2.45) is 4.99 Å². The van der Waals surface area contributed by atoms with E-state index in [1.807, 2.05) is 24.4 Å². The maximum absolute atomic E-state index is 12.6. The Morgan fingerprint density at radius 1 is 1.23 bits per heavy atom. The Balaban J connectivity index is 1.81. The molecule has 4 nitrogen and oxygen atoms in total. The van der Waals surface area contributed by atoms with Crippen LogP contribution in [-0.2, 0) is 6.18 Å². The first-order valence-corrected chi connectivity index (χ1v) is 7.46. The summed E-state index contributed by atoms with van der Waals surface area (Å²) in [5.74, 6) is 0.638. The Morgan fingerprint density at radius 2 is 2.09 bits per heavy atom. The maximum Gasteiger partial charge on any atom is 0.433 e. The summed E-state index contributed by atoms with van der Waals surface area (Å²) in [6, 6.07) is 8.24. The number of benzene rings is 1. The largest absolute Gasteiger partial charge is 0.433 e. The maximum atomic E-state index is 12.6. The first-order chi connectivity index (χ1) is 10.5. The van der Waals surface area contributed by atoms with Crippen molar-refractivity contribution in [2.45, 2.75) is 11.4 Å². The minimum absolute atomic E-state index is 0.0836. The van der Waals surface area contributed by atoms with Crippen LogP contribution in [0.15, 0.2) is 41.5 Å². The number of anilines is 2. The number of aromatic nitrogens is 2. The molecule has 1 unspecified atom stereocenters. The number of halogens is 3. The van der Waals surface area contributed by atoms with Crippen molar-refractivity contribution in [3.63, 3.8) is 0 Å². The molecule has 0 bridgehead atoms. The van der Waals surface area contributed by atoms with Gasteiger partial charge in [0.05, 0.1) is 11.1 Å². The Labute approximate surface area is 128 Å². The summed E-state index contributed by atoms with van der Waals surface area (Å²) in [7, 11) is 0. The molecule has 0 aliphatic carbocycles. The third kappa shape index (κ3) is 3.38. The number of hydrogen-bond acceptors (Lipinski definition) is 5. The van der Waals surface area contributed by atoms with Crippen LogP contribution in [0.5, 0.6) is 0 Å². The fourth-order valence-electron chi connectivity index (χ4n) is 1.99. The van der Waals surface area contributed by atoms with Crippen LogP contribution >= 0.6 is 11.8 Å². The van der Waals surface area contributed by atoms with Crippen molar-refractivity contribution in [1.29, 1.82) is 0 Å². The van der Waals surface area contributed by atoms with Crippen molar-refractivity contribution >= 4 is 29.6 Å². The predicted molar refractivity (Wildman–Crippen MR) is 80.4 cm³/mol. The first-order valence-electron chi connectivity index (χ1n) is 6.41. The molecule has 0 amide bonds. The molecule has 2 heterocycles. The van der Waals surface area contributed by atoms with Gasteiger partial charge in [-0.05, 0) is 23.8 Å². The van der Waals surface area contributed by atoms with Gasteiger partial charge < -0.3 is 5.32 Å². The molecular weight excluding hydrogens is 313 g/mol. The summed E-state index contributed by atoms with van der Waals surface area (Å²) in [5, 5.41) is 2.97. The first kappa shape index (κ1) is 14.8. The molecule has 1 N–H and O–H groups in total. The monoisotopic (exact) mass is 324 g/mol. The highest BCUT2D eigenvalue weighted by Gasteiger charge is 2.32. The molecular formula is C14H11F3N4S. The van der Waals surface area contributed by atoms with E-state index in [-0.39, 0.29) is 11.2 Å². The molecule has 0 radical (unpaired) electrons. The van der Waals surface area contributed by atoms with E-state index in [9.17, 15) is 13.2 Å². The van der Waals surface area contributed by atoms with E-state index in [0.29, 0.717) is 5.69 Å². The summed E-state index contributed by atoms with van der Waals surface area (Å²) in [6.45, 7) is 0. The second-order valence-electron chi connectivity index (χ2n) is 4.56. The van der Waals surface area contributed by atoms with E-state index >= 15 is 0 Å². The van der Waals surface area contributed by atoms with Crippen LogP contribution in [0, 0.1) is 0 Å². The van der Waals surface area contributed by atoms with Gasteiger partial charge in [-0.1, -0.05) is 12.1 Å². The van der Waals surface area contributed by atoms with Crippen molar-refractivity contribution < 1.29 is 13.2 Å². The molecule has 114 valence electrons. The number of rotatable bonds is 3. The standard InChI is InChI=1S/C14H11F3N4S/c15-14(16,17)12-4-5-19-13(21-12)20-10-3-1-2-9(6-10)11-7-18-8-22-11/h1-7,11H,8H2,(H,19,20,21). The van der Waals surface area contributed by atoms with Crippen molar-refractivity contribution in [1.82, 2.24) is 9.97 Å². The Kier molecular flexibility index (Phi) is 4.02. The highest BCUT2D eigenvalue weighted by Crippen LogP contribution is 2.33. The van der Waals surface area contributed by atoms with E-state index in [0.717, 1.165) is 23.7 Å². The normalized spacial score (nSPS) is 17.7. The zero-order valence-electron chi connectivity index (χ0n) is 11.2. The fraction of sp³-hybridized carbons (Fsp3) is 0.214. The summed E-state index contributed by atoms with van der Waals surface area (Å²) in [5.41, 5.74) is 0.695. The molecule has 1 aromatic heterocycles. The Morgan fingerprint density at radius 3 is 2.82 bits per heavy atom. The topological polar surface area (TPSA) is 50.2 Å². The third-order valence-corrected chi connectivity index (χ3v) is 4.04. The van der Waals surface area contributed by atoms with Crippen LogP contribution in [0.25, 0.3) is 0 Å². The molecule has 1 aliphatic heterocycles. The van der Waals surface area contributed by atoms with Gasteiger partial charge >= 0.3 is 6.18 Å². The lowest BCUT2D eigenvalue weighted by molar-refractivity contribution is -0.141. The van der Waals surface area contributed by atoms with Crippen LogP contribution < -0.4 is 5.32 Å². The third-order valence-electron chi connectivity index (χ3n) is 2.99. The second kappa shape index (κ2) is 5.96. The second-order valence-corrected chi connectivity index (χ2v) is 5.66. The molecule has 1 atom stereocenters. The lowest BCUT2D eigenvalue weighted by Gasteiger charge is -2.11. The summed E-state index contributed by atoms with van der Waals surface area (Å²) in [4.78, 5) is 11.5. The van der Waals surface area contributed by atoms with Gasteiger partial charge in [0, 0.05) is 18.1 Å². The zero-order valence-corrected chi connectivity index (χ0v) is 12.0. The van der Waals surface area contributed by atoms with Crippen LogP contribution in [0.2, 0.25) is 0 Å². The SMILES string of the molecule is FC(F)(F)c1ccnc(Nc2cccc(C3C=NCS3)c2)n1. The van der Waals surface area contributed by atoms with E-state index in [1.54, 1.807) is 17.8 Å². The molecule has 1 aliphatic rings. The predicted octanol–water partition coefficient (Wildman–Crippen LogP) is 4.06. The smallest absolute Gasteiger partial charge is 0.324 e. The van der Waals surface area contributed by atoms with Crippen LogP contribution in [0.4, 0.5) is 24.8 Å². The number of aliphatic imine (C=N–C) groups is 1. The average Bonchev–Trinajstić information content (AvgIpc) is 3.01. The molecule has 22 heavy (non-hydrogen) atoms. The number of thioether (sulfide) groups is 1. The highest BCUT2D eigenvalue weighted by molar-refractivity contribution is 8.00. The van der Waals surface area contributed by atoms with Gasteiger partial charge in [0.15, 0.2) is 0 Å². The fourth-order valence-corrected chi connectivity index (χ4v) is 2.83. The number of alkyl halides is 3. The number of nitrogens with zero attached hydrogens (tertiary/aromatic N) is 3. The van der Waals surface area contributed by atoms with E-state index < -0.39 is 11.9 Å². The van der Waals surface area contributed by atoms with Crippen molar-refractivity contribution in [3.05, 3.63) is 47.8 Å². The van der Waals surface area contributed by atoms with Gasteiger partial charge in [-0.25, -0.2) is 9.97 Å². The van der Waals surface area contributed by atoms with Gasteiger partial charge in [-0.15, -0.1) is 11.8 Å². The van der Waals surface area contributed by atoms with E-state index in [1.165, 1.54) is 0 Å². The molecule has 0 spiro atoms. The number of hydrogen-bond donors (Lipinski definition) is 1. The van der Waals surface area contributed by atoms with Crippen LogP contribution in [0.1, 0.15) is 16.5 Å². The summed E-state index contributed by atoms with van der Waals surface area (Å²) >= 11 is 1.69. The highest BCUT2D eigenvalue weighted by atomic mass is 32.2. The number of nitrogens with one attached hydrogen (secondary N) is 1. The lowest BCUT2D eigenvalue weighted by Crippen LogP contribution is -2.10. The van der Waals surface area contributed by atoms with Gasteiger partial charge in [-0.2, -0.15) is 13.2 Å². The molecule has 2 aromatic rings. The molecule has 0 saturated carbocycles. The Hall–Kier alpha value is -2.09. The van der Waals surface area contributed by atoms with E-state index in [4.69, 9.17) is 0 Å². The van der Waals surface area contributed by atoms with Crippen LogP contribution in [-0.4, -0.2) is 22.1 Å². The quantitative estimate of drug-likeness (QED) is 0.925. The van der Waals surface area contributed by atoms with Gasteiger partial charge in [0.2, 0.25) is 5.95 Å². The summed E-state index contributed by atoms with van der Waals surface area (Å²) in [6.07, 6.45) is -1.54. The minimum Gasteiger partial charge on any atom is -0.324 e. The zero-order chi connectivity index (χ0) is 15.6. The van der Waals surface area contributed by atoms with Gasteiger partial charge in [-0.3, -0.25) is 4.99 Å². The lowest BCUT2D eigenvalue weighted by atomic mass is 10.1. The molecule has 1 aromatic carbocycles. The molecule has 0 fully saturated rings. The van der Waals surface area contributed by atoms with E-state index in [2.05, 4.69) is 20.3 Å². The van der Waals surface area contributed by atoms with Gasteiger partial charge in [0.25, 0.3) is 0 Å². The molecule has 8 heteroatoms. The average molecular weight is 324 g/mol. The minimum atomic E-state index is -4.49. The Bertz CT molecular complexity index is 702. The van der Waals surface area contributed by atoms with Gasteiger partial charge in [0.1, 0.15) is 5.69 Å². The summed E-state index contributed by atoms with van der Waals surface area (Å²) < 4.78 is 37.9. The molecule has 0 saturated heterocycles. The van der Waals surface area contributed by atoms with Crippen molar-refractivity contribution in [3.8, 4) is 0 Å². The van der Waals surface area contributed by atoms with Crippen molar-refractivity contribution in [2.75, 3.05) is 11.2 Å². The van der Waals surface area contributed by atoms with Crippen LogP contribution in [0.3, 0.4) is 0 Å².